The molecule has 0 aliphatic rings. The summed E-state index contributed by atoms with van der Waals surface area (Å²) in [5.74, 6) is 0.145. The van der Waals surface area contributed by atoms with E-state index in [0.717, 1.165) is 17.5 Å². The van der Waals surface area contributed by atoms with Gasteiger partial charge in [0.1, 0.15) is 0 Å². The van der Waals surface area contributed by atoms with Crippen LogP contribution in [0.1, 0.15) is 92.8 Å². The monoisotopic (exact) mass is 409 g/mol. The molecule has 0 spiro atoms. The Morgan fingerprint density at radius 2 is 1.53 bits per heavy atom. The molecule has 0 fully saturated rings. The fraction of sp³-hybridized carbons (Fsp3) is 0.519. The summed E-state index contributed by atoms with van der Waals surface area (Å²) in [5.41, 5.74) is 2.98. The van der Waals surface area contributed by atoms with Gasteiger partial charge in [0.05, 0.1) is 6.10 Å². The molecule has 3 nitrogen and oxygen atoms in total. The minimum atomic E-state index is -0.577. The number of carbonyl (C=O) groups excluding carboxylic acids is 1. The third-order valence-electron chi connectivity index (χ3n) is 5.78. The topological polar surface area (TPSA) is 49.3 Å². The summed E-state index contributed by atoms with van der Waals surface area (Å²) in [5, 5.41) is 13.7. The molecule has 0 heterocycles. The molecular weight excluding hydrogens is 370 g/mol. The van der Waals surface area contributed by atoms with Crippen LogP contribution in [0.15, 0.2) is 54.6 Å². The normalized spacial score (nSPS) is 13.2. The van der Waals surface area contributed by atoms with Crippen LogP contribution in [0.5, 0.6) is 0 Å². The van der Waals surface area contributed by atoms with E-state index in [0.29, 0.717) is 13.0 Å². The summed E-state index contributed by atoms with van der Waals surface area (Å²) >= 11 is 0. The molecule has 2 aromatic carbocycles. The third kappa shape index (κ3) is 8.81. The van der Waals surface area contributed by atoms with Crippen LogP contribution in [0.4, 0.5) is 0 Å². The average molecular weight is 410 g/mol. The molecule has 0 aliphatic carbocycles. The number of hydrogen-bond acceptors (Lipinski definition) is 3. The largest absolute Gasteiger partial charge is 0.387 e. The molecule has 2 atom stereocenters. The van der Waals surface area contributed by atoms with Crippen molar-refractivity contribution in [3.63, 3.8) is 0 Å². The number of hydrogen-bond donors (Lipinski definition) is 2. The molecule has 0 bridgehead atoms. The van der Waals surface area contributed by atoms with Crippen molar-refractivity contribution in [2.75, 3.05) is 6.54 Å². The van der Waals surface area contributed by atoms with E-state index in [2.05, 4.69) is 24.4 Å². The molecule has 164 valence electrons. The van der Waals surface area contributed by atoms with Crippen molar-refractivity contribution in [2.24, 2.45) is 0 Å². The summed E-state index contributed by atoms with van der Waals surface area (Å²) in [6.45, 7) is 4.76. The fourth-order valence-corrected chi connectivity index (χ4v) is 3.75. The Hall–Kier alpha value is -1.97. The van der Waals surface area contributed by atoms with E-state index < -0.39 is 6.10 Å². The van der Waals surface area contributed by atoms with Crippen molar-refractivity contribution in [1.82, 2.24) is 5.32 Å². The summed E-state index contributed by atoms with van der Waals surface area (Å²) in [7, 11) is 0. The first-order valence-corrected chi connectivity index (χ1v) is 11.7. The number of carbonyl (C=O) groups is 1. The molecule has 3 heteroatoms. The highest BCUT2D eigenvalue weighted by Gasteiger charge is 2.16. The lowest BCUT2D eigenvalue weighted by molar-refractivity contribution is 0.0972. The molecule has 0 aliphatic heterocycles. The molecule has 2 aromatic rings. The van der Waals surface area contributed by atoms with E-state index in [9.17, 15) is 9.90 Å². The molecule has 2 rings (SSSR count). The zero-order valence-electron chi connectivity index (χ0n) is 18.8. The number of ketones is 1. The molecule has 2 N–H and O–H groups in total. The lowest BCUT2D eigenvalue weighted by Crippen LogP contribution is -2.33. The molecule has 30 heavy (non-hydrogen) atoms. The van der Waals surface area contributed by atoms with Gasteiger partial charge in [-0.15, -0.1) is 0 Å². The van der Waals surface area contributed by atoms with Crippen LogP contribution in [-0.2, 0) is 6.42 Å². The smallest absolute Gasteiger partial charge is 0.164 e. The van der Waals surface area contributed by atoms with Gasteiger partial charge in [-0.1, -0.05) is 100 Å². The van der Waals surface area contributed by atoms with Crippen LogP contribution < -0.4 is 5.32 Å². The first-order valence-electron chi connectivity index (χ1n) is 11.7. The van der Waals surface area contributed by atoms with Gasteiger partial charge in [-0.25, -0.2) is 0 Å². The Labute approximate surface area is 182 Å². The van der Waals surface area contributed by atoms with Gasteiger partial charge in [-0.2, -0.15) is 0 Å². The minimum absolute atomic E-state index is 0.107. The van der Waals surface area contributed by atoms with Gasteiger partial charge < -0.3 is 10.4 Å². The highest BCUT2D eigenvalue weighted by atomic mass is 16.3. The maximum absolute atomic E-state index is 12.5. The SMILES string of the molecule is CCCCCCCCCc1ccc(C(=O)CCNC(C)C(O)c2ccccc2)cc1. The number of aliphatic hydroxyl groups is 1. The Kier molecular flexibility index (Phi) is 11.4. The van der Waals surface area contributed by atoms with Crippen LogP contribution >= 0.6 is 0 Å². The maximum atomic E-state index is 12.5. The second-order valence-corrected chi connectivity index (χ2v) is 8.34. The van der Waals surface area contributed by atoms with E-state index in [4.69, 9.17) is 0 Å². The van der Waals surface area contributed by atoms with Crippen LogP contribution in [0, 0.1) is 0 Å². The zero-order chi connectivity index (χ0) is 21.6. The lowest BCUT2D eigenvalue weighted by atomic mass is 10.0. The Balaban J connectivity index is 1.65. The van der Waals surface area contributed by atoms with Gasteiger partial charge in [0.2, 0.25) is 0 Å². The highest BCUT2D eigenvalue weighted by Crippen LogP contribution is 2.16. The van der Waals surface area contributed by atoms with E-state index in [-0.39, 0.29) is 11.8 Å². The van der Waals surface area contributed by atoms with E-state index >= 15 is 0 Å². The second kappa shape index (κ2) is 14.1. The molecule has 0 amide bonds. The Bertz CT molecular complexity index is 711. The number of rotatable bonds is 15. The number of benzene rings is 2. The predicted octanol–water partition coefficient (Wildman–Crippen LogP) is 6.26. The minimum Gasteiger partial charge on any atom is -0.387 e. The third-order valence-corrected chi connectivity index (χ3v) is 5.78. The fourth-order valence-electron chi connectivity index (χ4n) is 3.75. The molecule has 0 radical (unpaired) electrons. The Morgan fingerprint density at radius 3 is 2.20 bits per heavy atom. The summed E-state index contributed by atoms with van der Waals surface area (Å²) in [4.78, 5) is 12.5. The van der Waals surface area contributed by atoms with Gasteiger partial charge in [0.15, 0.2) is 5.78 Å². The predicted molar refractivity (Wildman–Crippen MR) is 126 cm³/mol. The molecule has 0 saturated heterocycles. The summed E-state index contributed by atoms with van der Waals surface area (Å²) < 4.78 is 0. The summed E-state index contributed by atoms with van der Waals surface area (Å²) in [6, 6.07) is 17.6. The van der Waals surface area contributed by atoms with Crippen LogP contribution in [-0.4, -0.2) is 23.5 Å². The standard InChI is InChI=1S/C27H39NO2/c1-3-4-5-6-7-8-10-13-23-16-18-24(19-17-23)26(29)20-21-28-22(2)27(30)25-14-11-9-12-15-25/h9,11-12,14-19,22,27-28,30H,3-8,10,13,20-21H2,1-2H3. The van der Waals surface area contributed by atoms with Crippen molar-refractivity contribution < 1.29 is 9.90 Å². The number of Topliss-reactive ketones (excluding diaryl/α,β-unsaturated/α-hetero) is 1. The first kappa shape index (κ1) is 24.3. The molecule has 0 saturated carbocycles. The van der Waals surface area contributed by atoms with E-state index in [1.165, 1.54) is 50.5 Å². The molecule has 2 unspecified atom stereocenters. The molecule has 0 aromatic heterocycles. The zero-order valence-corrected chi connectivity index (χ0v) is 18.8. The van der Waals surface area contributed by atoms with Gasteiger partial charge in [0, 0.05) is 24.6 Å². The average Bonchev–Trinajstić information content (AvgIpc) is 2.78. The van der Waals surface area contributed by atoms with Gasteiger partial charge in [-0.3, -0.25) is 4.79 Å². The van der Waals surface area contributed by atoms with Crippen molar-refractivity contribution in [3.05, 3.63) is 71.3 Å². The van der Waals surface area contributed by atoms with E-state index in [1.807, 2.05) is 49.4 Å². The van der Waals surface area contributed by atoms with Gasteiger partial charge >= 0.3 is 0 Å². The van der Waals surface area contributed by atoms with Crippen LogP contribution in [0.2, 0.25) is 0 Å². The van der Waals surface area contributed by atoms with Crippen LogP contribution in [0.25, 0.3) is 0 Å². The Morgan fingerprint density at radius 1 is 0.900 bits per heavy atom. The van der Waals surface area contributed by atoms with Crippen molar-refractivity contribution in [3.8, 4) is 0 Å². The van der Waals surface area contributed by atoms with Crippen molar-refractivity contribution in [1.29, 1.82) is 0 Å². The van der Waals surface area contributed by atoms with Crippen LogP contribution in [0.3, 0.4) is 0 Å². The summed E-state index contributed by atoms with van der Waals surface area (Å²) in [6.07, 6.45) is 10.2. The number of aryl methyl sites for hydroxylation is 1. The lowest BCUT2D eigenvalue weighted by Gasteiger charge is -2.20. The maximum Gasteiger partial charge on any atom is 0.164 e. The quantitative estimate of drug-likeness (QED) is 0.269. The number of nitrogens with one attached hydrogen (secondary N) is 1. The van der Waals surface area contributed by atoms with E-state index in [1.54, 1.807) is 0 Å². The second-order valence-electron chi connectivity index (χ2n) is 8.34. The van der Waals surface area contributed by atoms with Crippen molar-refractivity contribution >= 4 is 5.78 Å². The number of unbranched alkanes of at least 4 members (excludes halogenated alkanes) is 6. The first-order chi connectivity index (χ1) is 14.6. The van der Waals surface area contributed by atoms with Gasteiger partial charge in [-0.05, 0) is 30.9 Å². The van der Waals surface area contributed by atoms with Gasteiger partial charge in [0.25, 0.3) is 0 Å². The number of aliphatic hydroxyl groups excluding tert-OH is 1. The molecular formula is C27H39NO2. The highest BCUT2D eigenvalue weighted by molar-refractivity contribution is 5.96. The van der Waals surface area contributed by atoms with Crippen molar-refractivity contribution in [2.45, 2.75) is 83.8 Å².